The summed E-state index contributed by atoms with van der Waals surface area (Å²) < 4.78 is 11.1. The van der Waals surface area contributed by atoms with Crippen molar-refractivity contribution in [1.82, 2.24) is 20.4 Å². The molecule has 184 valence electrons. The van der Waals surface area contributed by atoms with Gasteiger partial charge >= 0.3 is 12.2 Å². The lowest BCUT2D eigenvalue weighted by molar-refractivity contribution is -0.0154. The summed E-state index contributed by atoms with van der Waals surface area (Å²) >= 11 is 0. The molecule has 4 aliphatic heterocycles. The van der Waals surface area contributed by atoms with Gasteiger partial charge in [-0.25, -0.2) is 9.59 Å². The zero-order valence-corrected chi connectivity index (χ0v) is 20.6. The van der Waals surface area contributed by atoms with Crippen molar-refractivity contribution in [3.05, 3.63) is 0 Å². The summed E-state index contributed by atoms with van der Waals surface area (Å²) in [5.74, 6) is 0. The van der Waals surface area contributed by atoms with Crippen LogP contribution in [-0.4, -0.2) is 85.5 Å². The summed E-state index contributed by atoms with van der Waals surface area (Å²) in [4.78, 5) is 27.4. The Hall–Kier alpha value is -1.54. The van der Waals surface area contributed by atoms with Gasteiger partial charge in [-0.3, -0.25) is 0 Å². The van der Waals surface area contributed by atoms with Crippen molar-refractivity contribution in [3.8, 4) is 0 Å². The van der Waals surface area contributed by atoms with E-state index in [0.29, 0.717) is 0 Å². The molecular formula is C24H44N4O4. The number of ether oxygens (including phenoxy) is 2. The van der Waals surface area contributed by atoms with Crippen molar-refractivity contribution in [2.45, 2.75) is 101 Å². The highest BCUT2D eigenvalue weighted by molar-refractivity contribution is 5.71. The largest absolute Gasteiger partial charge is 0.441 e. The minimum absolute atomic E-state index is 0.210. The molecule has 2 atom stereocenters. The number of carbonyl (C=O) groups is 2. The van der Waals surface area contributed by atoms with Crippen molar-refractivity contribution in [2.75, 3.05) is 40.3 Å². The van der Waals surface area contributed by atoms with Crippen LogP contribution in [0.1, 0.15) is 78.1 Å². The zero-order chi connectivity index (χ0) is 23.2. The van der Waals surface area contributed by atoms with Crippen LogP contribution in [0.15, 0.2) is 0 Å². The average molecular weight is 453 g/mol. The fraction of sp³-hybridized carbons (Fsp3) is 0.917. The minimum Gasteiger partial charge on any atom is -0.441 e. The summed E-state index contributed by atoms with van der Waals surface area (Å²) in [6.45, 7) is 8.46. The summed E-state index contributed by atoms with van der Waals surface area (Å²) in [5.41, 5.74) is -0.419. The van der Waals surface area contributed by atoms with Crippen LogP contribution < -0.4 is 10.6 Å². The first-order chi connectivity index (χ1) is 15.3. The molecular weight excluding hydrogens is 408 g/mol. The molecule has 4 fully saturated rings. The van der Waals surface area contributed by atoms with Crippen LogP contribution >= 0.6 is 0 Å². The second kappa shape index (κ2) is 11.1. The number of alkyl carbamates (subject to hydrolysis) is 2. The van der Waals surface area contributed by atoms with Crippen molar-refractivity contribution < 1.29 is 19.1 Å². The second-order valence-electron chi connectivity index (χ2n) is 10.2. The average Bonchev–Trinajstić information content (AvgIpc) is 3.25. The molecule has 4 heterocycles. The maximum atomic E-state index is 11.4. The van der Waals surface area contributed by atoms with E-state index in [-0.39, 0.29) is 35.5 Å². The number of hydrogen-bond donors (Lipinski definition) is 2. The van der Waals surface area contributed by atoms with Gasteiger partial charge in [0.25, 0.3) is 0 Å². The van der Waals surface area contributed by atoms with Crippen LogP contribution in [0.25, 0.3) is 0 Å². The number of rotatable bonds is 6. The van der Waals surface area contributed by atoms with Crippen LogP contribution in [0.2, 0.25) is 0 Å². The van der Waals surface area contributed by atoms with E-state index in [4.69, 9.17) is 9.47 Å². The Bertz CT molecular complexity index is 573. The molecule has 4 rings (SSSR count). The molecule has 8 nitrogen and oxygen atoms in total. The highest BCUT2D eigenvalue weighted by atomic mass is 16.6. The van der Waals surface area contributed by atoms with Crippen LogP contribution in [-0.2, 0) is 9.47 Å². The quantitative estimate of drug-likeness (QED) is 0.642. The molecule has 0 aromatic carbocycles. The molecule has 32 heavy (non-hydrogen) atoms. The lowest BCUT2D eigenvalue weighted by atomic mass is 9.82. The van der Waals surface area contributed by atoms with Gasteiger partial charge in [0.1, 0.15) is 11.2 Å². The Balaban J connectivity index is 0.000000181. The van der Waals surface area contributed by atoms with Crippen LogP contribution in [0.3, 0.4) is 0 Å². The maximum Gasteiger partial charge on any atom is 0.408 e. The minimum atomic E-state index is -0.217. The topological polar surface area (TPSA) is 83.1 Å². The summed E-state index contributed by atoms with van der Waals surface area (Å²) in [7, 11) is 4.25. The van der Waals surface area contributed by atoms with Gasteiger partial charge < -0.3 is 29.9 Å². The lowest BCUT2D eigenvalue weighted by Crippen LogP contribution is -2.51. The lowest BCUT2D eigenvalue weighted by Gasteiger charge is -2.39. The van der Waals surface area contributed by atoms with Gasteiger partial charge in [0.05, 0.1) is 12.1 Å². The summed E-state index contributed by atoms with van der Waals surface area (Å²) in [6, 6.07) is 0.460. The highest BCUT2D eigenvalue weighted by Crippen LogP contribution is 2.36. The molecule has 8 heteroatoms. The number of nitrogens with one attached hydrogen (secondary N) is 2. The van der Waals surface area contributed by atoms with E-state index in [1.165, 1.54) is 12.8 Å². The number of piperidine rings is 2. The van der Waals surface area contributed by atoms with Crippen LogP contribution in [0.5, 0.6) is 0 Å². The zero-order valence-electron chi connectivity index (χ0n) is 20.6. The van der Waals surface area contributed by atoms with Gasteiger partial charge in [-0.1, -0.05) is 39.5 Å². The third kappa shape index (κ3) is 5.87. The normalized spacial score (nSPS) is 29.1. The smallest absolute Gasteiger partial charge is 0.408 e. The Morgan fingerprint density at radius 3 is 1.41 bits per heavy atom. The molecule has 0 bridgehead atoms. The molecule has 0 saturated carbocycles. The van der Waals surface area contributed by atoms with Gasteiger partial charge in [-0.05, 0) is 26.9 Å². The van der Waals surface area contributed by atoms with Gasteiger partial charge in [-0.2, -0.15) is 0 Å². The number of hydrogen-bond acceptors (Lipinski definition) is 6. The van der Waals surface area contributed by atoms with Crippen molar-refractivity contribution in [3.63, 3.8) is 0 Å². The van der Waals surface area contributed by atoms with Crippen molar-refractivity contribution in [2.24, 2.45) is 0 Å². The number of carbonyl (C=O) groups excluding carboxylic acids is 2. The number of amides is 2. The van der Waals surface area contributed by atoms with Crippen LogP contribution in [0, 0.1) is 0 Å². The Kier molecular flexibility index (Phi) is 8.67. The fourth-order valence-electron chi connectivity index (χ4n) is 5.50. The first-order valence-corrected chi connectivity index (χ1v) is 12.7. The van der Waals surface area contributed by atoms with Gasteiger partial charge in [-0.15, -0.1) is 0 Å². The van der Waals surface area contributed by atoms with E-state index in [1.807, 2.05) is 0 Å². The maximum absolute atomic E-state index is 11.4. The second-order valence-corrected chi connectivity index (χ2v) is 10.2. The predicted molar refractivity (Wildman–Crippen MR) is 125 cm³/mol. The van der Waals surface area contributed by atoms with Crippen molar-refractivity contribution >= 4 is 12.2 Å². The Morgan fingerprint density at radius 1 is 0.750 bits per heavy atom. The summed E-state index contributed by atoms with van der Waals surface area (Å²) in [5, 5.41) is 5.97. The summed E-state index contributed by atoms with van der Waals surface area (Å²) in [6.07, 6.45) is 10.2. The first kappa shape index (κ1) is 25.1. The molecule has 0 aromatic heterocycles. The monoisotopic (exact) mass is 452 g/mol. The molecule has 2 N–H and O–H groups in total. The third-order valence-electron chi connectivity index (χ3n) is 7.81. The van der Waals surface area contributed by atoms with Crippen molar-refractivity contribution in [1.29, 1.82) is 0 Å². The first-order valence-electron chi connectivity index (χ1n) is 12.7. The molecule has 0 radical (unpaired) electrons. The molecule has 0 unspecified atom stereocenters. The van der Waals surface area contributed by atoms with E-state index >= 15 is 0 Å². The fourth-order valence-corrected chi connectivity index (χ4v) is 5.50. The third-order valence-corrected chi connectivity index (χ3v) is 7.81. The van der Waals surface area contributed by atoms with E-state index in [0.717, 1.165) is 77.5 Å². The Labute approximate surface area is 193 Å². The SMILES string of the molecule is CCCC[C@@H]1NC(=O)OC12CCN(C)CC2.CCCC[C@H]1NC(=O)OC12CCN(C)CC2. The highest BCUT2D eigenvalue weighted by Gasteiger charge is 2.50. The van der Waals surface area contributed by atoms with E-state index in [9.17, 15) is 9.59 Å². The van der Waals surface area contributed by atoms with Gasteiger partial charge in [0.2, 0.25) is 0 Å². The van der Waals surface area contributed by atoms with Gasteiger partial charge in [0.15, 0.2) is 0 Å². The standard InChI is InChI=1S/2C12H22N2O2/c2*1-3-4-5-10-12(16-11(15)13-10)6-8-14(2)9-7-12/h2*10H,3-9H2,1-2H3,(H,13,15)/t2*10-/m10/s1. The van der Waals surface area contributed by atoms with Crippen LogP contribution in [0.4, 0.5) is 9.59 Å². The molecule has 4 saturated heterocycles. The van der Waals surface area contributed by atoms with E-state index in [2.05, 4.69) is 48.4 Å². The Morgan fingerprint density at radius 2 is 1.09 bits per heavy atom. The molecule has 4 aliphatic rings. The van der Waals surface area contributed by atoms with Gasteiger partial charge in [0, 0.05) is 51.9 Å². The predicted octanol–water partition coefficient (Wildman–Crippen LogP) is 3.50. The molecule has 0 aromatic rings. The van der Waals surface area contributed by atoms with E-state index < -0.39 is 0 Å². The number of nitrogens with zero attached hydrogens (tertiary/aromatic N) is 2. The number of unbranched alkanes of at least 4 members (excludes halogenated alkanes) is 2. The van der Waals surface area contributed by atoms with E-state index in [1.54, 1.807) is 0 Å². The molecule has 2 amide bonds. The number of likely N-dealkylation sites (tertiary alicyclic amines) is 2. The molecule has 0 aliphatic carbocycles. The molecule has 2 spiro atoms.